The zero-order chi connectivity index (χ0) is 16.8. The Hall–Kier alpha value is -1.92. The van der Waals surface area contributed by atoms with Crippen LogP contribution in [0.4, 0.5) is 5.69 Å². The molecule has 2 amide bonds. The van der Waals surface area contributed by atoms with E-state index in [1.807, 2.05) is 44.2 Å². The summed E-state index contributed by atoms with van der Waals surface area (Å²) in [6.07, 6.45) is 6.17. The van der Waals surface area contributed by atoms with Crippen molar-refractivity contribution in [3.8, 4) is 0 Å². The van der Waals surface area contributed by atoms with Gasteiger partial charge in [0.25, 0.3) is 11.8 Å². The molecule has 0 spiro atoms. The number of thioether (sulfide) groups is 2. The van der Waals surface area contributed by atoms with Gasteiger partial charge >= 0.3 is 0 Å². The van der Waals surface area contributed by atoms with Crippen molar-refractivity contribution < 1.29 is 9.59 Å². The molecule has 0 radical (unpaired) electrons. The van der Waals surface area contributed by atoms with Gasteiger partial charge in [-0.15, -0.1) is 11.8 Å². The van der Waals surface area contributed by atoms with Crippen molar-refractivity contribution in [2.75, 3.05) is 5.32 Å². The molecule has 24 heavy (non-hydrogen) atoms. The number of hydrogen-bond donors (Lipinski definition) is 2. The second kappa shape index (κ2) is 5.86. The minimum absolute atomic E-state index is 0.0123. The third kappa shape index (κ3) is 2.70. The predicted molar refractivity (Wildman–Crippen MR) is 98.9 cm³/mol. The molecule has 2 heterocycles. The number of benzene rings is 1. The number of allylic oxidation sites excluding steroid dienone is 2. The maximum Gasteiger partial charge on any atom is 0.263 e. The number of rotatable bonds is 0. The highest BCUT2D eigenvalue weighted by Crippen LogP contribution is 2.44. The molecule has 0 aromatic heterocycles. The molecule has 2 aliphatic heterocycles. The summed E-state index contributed by atoms with van der Waals surface area (Å²) in [6, 6.07) is 5.88. The highest BCUT2D eigenvalue weighted by atomic mass is 32.2. The van der Waals surface area contributed by atoms with Gasteiger partial charge in [-0.25, -0.2) is 0 Å². The largest absolute Gasteiger partial charge is 0.344 e. The van der Waals surface area contributed by atoms with Gasteiger partial charge in [0, 0.05) is 4.90 Å². The molecule has 4 rings (SSSR count). The molecule has 6 heteroatoms. The molecule has 1 aliphatic carbocycles. The number of fused-ring (bicyclic) bond motifs is 2. The summed E-state index contributed by atoms with van der Waals surface area (Å²) in [5.41, 5.74) is 3.10. The zero-order valence-electron chi connectivity index (χ0n) is 13.3. The summed E-state index contributed by atoms with van der Waals surface area (Å²) in [5, 5.41) is 6.02. The van der Waals surface area contributed by atoms with Crippen molar-refractivity contribution in [1.82, 2.24) is 5.32 Å². The summed E-state index contributed by atoms with van der Waals surface area (Å²) >= 11 is 2.85. The van der Waals surface area contributed by atoms with Crippen LogP contribution < -0.4 is 10.6 Å². The van der Waals surface area contributed by atoms with E-state index in [2.05, 4.69) is 16.7 Å². The Morgan fingerprint density at radius 1 is 1.08 bits per heavy atom. The zero-order valence-corrected chi connectivity index (χ0v) is 14.9. The lowest BCUT2D eigenvalue weighted by atomic mass is 10.0. The van der Waals surface area contributed by atoms with Crippen LogP contribution in [-0.2, 0) is 9.59 Å². The molecule has 3 aliphatic rings. The van der Waals surface area contributed by atoms with Crippen molar-refractivity contribution >= 4 is 41.0 Å². The quantitative estimate of drug-likeness (QED) is 0.700. The fraction of sp³-hybridized carbons (Fsp3) is 0.222. The van der Waals surface area contributed by atoms with Gasteiger partial charge in [0.1, 0.15) is 0 Å². The molecule has 0 bridgehead atoms. The number of nitrogens with one attached hydrogen (secondary N) is 2. The topological polar surface area (TPSA) is 58.2 Å². The lowest BCUT2D eigenvalue weighted by Crippen LogP contribution is -2.46. The molecule has 1 fully saturated rings. The Balaban J connectivity index is 1.72. The van der Waals surface area contributed by atoms with Gasteiger partial charge in [-0.2, -0.15) is 0 Å². The summed E-state index contributed by atoms with van der Waals surface area (Å²) in [7, 11) is 0. The van der Waals surface area contributed by atoms with Crippen molar-refractivity contribution in [2.24, 2.45) is 0 Å². The van der Waals surface area contributed by atoms with Crippen LogP contribution in [0.3, 0.4) is 0 Å². The van der Waals surface area contributed by atoms with E-state index in [9.17, 15) is 9.59 Å². The van der Waals surface area contributed by atoms with Crippen molar-refractivity contribution in [3.05, 3.63) is 57.4 Å². The van der Waals surface area contributed by atoms with E-state index < -0.39 is 0 Å². The molecular weight excluding hydrogens is 340 g/mol. The average molecular weight is 356 g/mol. The van der Waals surface area contributed by atoms with E-state index in [0.717, 1.165) is 16.1 Å². The Kier molecular flexibility index (Phi) is 3.81. The molecule has 1 aromatic carbocycles. The predicted octanol–water partition coefficient (Wildman–Crippen LogP) is 3.37. The number of amides is 2. The van der Waals surface area contributed by atoms with E-state index in [0.29, 0.717) is 9.81 Å². The summed E-state index contributed by atoms with van der Waals surface area (Å²) < 4.78 is 0. The SMILES string of the molecule is CC1=CC2S/C(=C3/Sc4cc(C)ccc4NC3=O)C(=O)NC2C=C1. The van der Waals surface area contributed by atoms with Crippen LogP contribution in [0.15, 0.2) is 56.7 Å². The van der Waals surface area contributed by atoms with E-state index in [-0.39, 0.29) is 23.1 Å². The van der Waals surface area contributed by atoms with Crippen LogP contribution in [0.1, 0.15) is 12.5 Å². The Morgan fingerprint density at radius 3 is 2.75 bits per heavy atom. The van der Waals surface area contributed by atoms with Crippen LogP contribution in [0.5, 0.6) is 0 Å². The molecule has 1 aromatic rings. The van der Waals surface area contributed by atoms with Gasteiger partial charge in [-0.05, 0) is 31.5 Å². The van der Waals surface area contributed by atoms with E-state index in [4.69, 9.17) is 0 Å². The van der Waals surface area contributed by atoms with Gasteiger partial charge in [0.05, 0.1) is 26.8 Å². The first-order valence-electron chi connectivity index (χ1n) is 7.69. The summed E-state index contributed by atoms with van der Waals surface area (Å²) in [4.78, 5) is 27.0. The molecule has 0 saturated carbocycles. The number of hydrogen-bond acceptors (Lipinski definition) is 4. The van der Waals surface area contributed by atoms with Gasteiger partial charge in [0.2, 0.25) is 0 Å². The highest BCUT2D eigenvalue weighted by molar-refractivity contribution is 8.08. The average Bonchev–Trinajstić information content (AvgIpc) is 2.54. The van der Waals surface area contributed by atoms with Crippen LogP contribution in [0, 0.1) is 6.92 Å². The monoisotopic (exact) mass is 356 g/mol. The fourth-order valence-electron chi connectivity index (χ4n) is 2.89. The molecule has 2 atom stereocenters. The first-order chi connectivity index (χ1) is 11.5. The van der Waals surface area contributed by atoms with Gasteiger partial charge in [-0.1, -0.05) is 41.6 Å². The van der Waals surface area contributed by atoms with Crippen molar-refractivity contribution in [2.45, 2.75) is 30.0 Å². The third-order valence-electron chi connectivity index (χ3n) is 4.12. The smallest absolute Gasteiger partial charge is 0.263 e. The maximum absolute atomic E-state index is 12.5. The second-order valence-electron chi connectivity index (χ2n) is 6.07. The molecule has 2 unspecified atom stereocenters. The van der Waals surface area contributed by atoms with Gasteiger partial charge < -0.3 is 10.6 Å². The van der Waals surface area contributed by atoms with E-state index in [1.54, 1.807) is 0 Å². The summed E-state index contributed by atoms with van der Waals surface area (Å²) in [5.74, 6) is -0.382. The van der Waals surface area contributed by atoms with E-state index in [1.165, 1.54) is 29.1 Å². The van der Waals surface area contributed by atoms with Gasteiger partial charge in [0.15, 0.2) is 0 Å². The molecule has 122 valence electrons. The first kappa shape index (κ1) is 15.6. The Labute approximate surface area is 148 Å². The number of carbonyl (C=O) groups is 2. The van der Waals surface area contributed by atoms with Crippen molar-refractivity contribution in [3.63, 3.8) is 0 Å². The van der Waals surface area contributed by atoms with E-state index >= 15 is 0 Å². The lowest BCUT2D eigenvalue weighted by molar-refractivity contribution is -0.118. The lowest BCUT2D eigenvalue weighted by Gasteiger charge is -2.33. The third-order valence-corrected chi connectivity index (χ3v) is 6.72. The van der Waals surface area contributed by atoms with Crippen LogP contribution in [0.25, 0.3) is 0 Å². The second-order valence-corrected chi connectivity index (χ2v) is 8.31. The van der Waals surface area contributed by atoms with Crippen molar-refractivity contribution in [1.29, 1.82) is 0 Å². The normalized spacial score (nSPS) is 28.5. The standard InChI is InChI=1S/C18H16N2O2S2/c1-9-3-5-11-13(7-9)23-15(17(21)19-11)16-18(22)20-12-6-4-10(2)8-14(12)24-16/h3-8,11,13H,1-2H3,(H,19,21)(H,20,22)/b16-15+. The molecule has 4 nitrogen and oxygen atoms in total. The van der Waals surface area contributed by atoms with Crippen LogP contribution >= 0.6 is 23.5 Å². The Morgan fingerprint density at radius 2 is 1.92 bits per heavy atom. The number of aryl methyl sites for hydroxylation is 1. The first-order valence-corrected chi connectivity index (χ1v) is 9.39. The summed E-state index contributed by atoms with van der Waals surface area (Å²) in [6.45, 7) is 4.05. The fourth-order valence-corrected chi connectivity index (χ4v) is 5.40. The molecular formula is C18H16N2O2S2. The number of carbonyl (C=O) groups excluding carboxylic acids is 2. The minimum atomic E-state index is -0.209. The number of anilines is 1. The van der Waals surface area contributed by atoms with Crippen LogP contribution in [0.2, 0.25) is 0 Å². The Bertz CT molecular complexity index is 855. The van der Waals surface area contributed by atoms with Crippen LogP contribution in [-0.4, -0.2) is 23.1 Å². The molecule has 1 saturated heterocycles. The minimum Gasteiger partial charge on any atom is -0.344 e. The van der Waals surface area contributed by atoms with Gasteiger partial charge in [-0.3, -0.25) is 9.59 Å². The highest BCUT2D eigenvalue weighted by Gasteiger charge is 2.36. The molecule has 2 N–H and O–H groups in total. The maximum atomic E-state index is 12.5.